The highest BCUT2D eigenvalue weighted by Gasteiger charge is 2.27. The van der Waals surface area contributed by atoms with Gasteiger partial charge in [0.2, 0.25) is 23.7 Å². The standard InChI is InChI=1S/C28H34ClN7O3/c1-16-5-3-4-6-18-7-9-22-20(13-18)21-14-19(8-10-23(21)34-22)15-25(33-17(2)37)27(39)35-24(26(38)32-16)11-12-31-28(30)36-29/h7-10,13-14,24-25,34H,1,3-6,11-12,15H2,2H3,(H,32,38)(H,33,37)(H,35,39)(H3,30,31,36). The van der Waals surface area contributed by atoms with Gasteiger partial charge in [0.25, 0.3) is 0 Å². The van der Waals surface area contributed by atoms with Crippen LogP contribution in [0.2, 0.25) is 0 Å². The fraction of sp³-hybridized carbons (Fsp3) is 0.357. The second-order valence-electron chi connectivity index (χ2n) is 9.85. The summed E-state index contributed by atoms with van der Waals surface area (Å²) in [5.41, 5.74) is 10.3. The van der Waals surface area contributed by atoms with E-state index in [1.54, 1.807) is 0 Å². The summed E-state index contributed by atoms with van der Waals surface area (Å²) in [7, 11) is 0. The number of nitrogens with two attached hydrogens (primary N) is 1. The van der Waals surface area contributed by atoms with Crippen LogP contribution < -0.4 is 26.5 Å². The van der Waals surface area contributed by atoms with E-state index < -0.39 is 23.9 Å². The summed E-state index contributed by atoms with van der Waals surface area (Å²) in [6.45, 7) is 5.49. The van der Waals surface area contributed by atoms with Gasteiger partial charge >= 0.3 is 0 Å². The molecule has 206 valence electrons. The summed E-state index contributed by atoms with van der Waals surface area (Å²) in [4.78, 5) is 48.3. The molecule has 10 nitrogen and oxygen atoms in total. The number of aliphatic imine (C=N–C) groups is 1. The van der Waals surface area contributed by atoms with Crippen LogP contribution in [0, 0.1) is 0 Å². The van der Waals surface area contributed by atoms with Crippen LogP contribution in [-0.2, 0) is 27.2 Å². The molecule has 0 saturated carbocycles. The van der Waals surface area contributed by atoms with E-state index >= 15 is 0 Å². The molecule has 2 aromatic carbocycles. The van der Waals surface area contributed by atoms with Gasteiger partial charge in [-0.2, -0.15) is 0 Å². The summed E-state index contributed by atoms with van der Waals surface area (Å²) >= 11 is 5.46. The molecule has 0 fully saturated rings. The predicted molar refractivity (Wildman–Crippen MR) is 154 cm³/mol. The van der Waals surface area contributed by atoms with Crippen LogP contribution in [0.25, 0.3) is 21.8 Å². The predicted octanol–water partition coefficient (Wildman–Crippen LogP) is 2.66. The number of guanidine groups is 1. The number of nitrogens with zero attached hydrogens (tertiary/aromatic N) is 1. The number of rotatable bonds is 4. The molecule has 1 aliphatic heterocycles. The second-order valence-corrected chi connectivity index (χ2v) is 10.0. The van der Waals surface area contributed by atoms with E-state index in [0.29, 0.717) is 12.1 Å². The highest BCUT2D eigenvalue weighted by molar-refractivity contribution is 6.21. The monoisotopic (exact) mass is 551 g/mol. The number of carbonyl (C=O) groups is 3. The Labute approximate surface area is 231 Å². The average Bonchev–Trinajstić information content (AvgIpc) is 3.26. The quantitative estimate of drug-likeness (QED) is 0.167. The van der Waals surface area contributed by atoms with Gasteiger partial charge in [-0.3, -0.25) is 24.2 Å². The number of halogens is 1. The van der Waals surface area contributed by atoms with Gasteiger partial charge < -0.3 is 26.7 Å². The molecule has 2 atom stereocenters. The number of amides is 3. The average molecular weight is 552 g/mol. The van der Waals surface area contributed by atoms with Crippen LogP contribution in [0.4, 0.5) is 0 Å². The van der Waals surface area contributed by atoms with Crippen molar-refractivity contribution in [2.24, 2.45) is 10.7 Å². The molecule has 0 aliphatic carbocycles. The minimum Gasteiger partial charge on any atom is -0.369 e. The Balaban J connectivity index is 1.68. The van der Waals surface area contributed by atoms with Crippen molar-refractivity contribution in [2.45, 2.75) is 57.5 Å². The largest absolute Gasteiger partial charge is 0.369 e. The molecule has 0 radical (unpaired) electrons. The van der Waals surface area contributed by atoms with Crippen molar-refractivity contribution in [3.63, 3.8) is 0 Å². The van der Waals surface area contributed by atoms with Crippen LogP contribution in [-0.4, -0.2) is 47.3 Å². The maximum atomic E-state index is 13.4. The normalized spacial score (nSPS) is 19.6. The SMILES string of the molecule is C=C1CCCCc2ccc3[nH]c4ccc(cc4c3c2)CC(NC(C)=O)C(=O)NC(CCN=C(N)NCl)C(=O)N1. The number of allylic oxidation sites excluding steroid dienone is 1. The maximum Gasteiger partial charge on any atom is 0.246 e. The number of carbonyl (C=O) groups excluding carboxylic acids is 3. The minimum atomic E-state index is -0.928. The molecular weight excluding hydrogens is 518 g/mol. The van der Waals surface area contributed by atoms with Gasteiger partial charge in [-0.1, -0.05) is 18.7 Å². The van der Waals surface area contributed by atoms with E-state index in [2.05, 4.69) is 55.5 Å². The fourth-order valence-corrected chi connectivity index (χ4v) is 4.90. The van der Waals surface area contributed by atoms with E-state index in [4.69, 9.17) is 17.5 Å². The van der Waals surface area contributed by atoms with Crippen LogP contribution in [0.5, 0.6) is 0 Å². The minimum absolute atomic E-state index is 0.00298. The van der Waals surface area contributed by atoms with Crippen molar-refractivity contribution < 1.29 is 14.4 Å². The number of nitrogens with one attached hydrogen (secondary N) is 5. The van der Waals surface area contributed by atoms with Gasteiger partial charge in [0.1, 0.15) is 12.1 Å². The highest BCUT2D eigenvalue weighted by atomic mass is 35.5. The van der Waals surface area contributed by atoms with E-state index in [9.17, 15) is 14.4 Å². The molecule has 7 N–H and O–H groups in total. The molecule has 3 amide bonds. The third kappa shape index (κ3) is 7.29. The van der Waals surface area contributed by atoms with Crippen molar-refractivity contribution in [2.75, 3.05) is 6.54 Å². The topological polar surface area (TPSA) is 154 Å². The molecule has 3 aromatic rings. The third-order valence-electron chi connectivity index (χ3n) is 6.78. The lowest BCUT2D eigenvalue weighted by Crippen LogP contribution is -2.54. The van der Waals surface area contributed by atoms with Gasteiger partial charge in [-0.05, 0) is 67.5 Å². The molecule has 2 heterocycles. The van der Waals surface area contributed by atoms with Crippen molar-refractivity contribution in [3.8, 4) is 0 Å². The van der Waals surface area contributed by atoms with Gasteiger partial charge in [0.05, 0.1) is 0 Å². The highest BCUT2D eigenvalue weighted by Crippen LogP contribution is 2.28. The van der Waals surface area contributed by atoms with Gasteiger partial charge in [-0.15, -0.1) is 0 Å². The molecule has 1 aromatic heterocycles. The van der Waals surface area contributed by atoms with Gasteiger partial charge in [0.15, 0.2) is 0 Å². The molecule has 0 saturated heterocycles. The molecule has 4 bridgehead atoms. The van der Waals surface area contributed by atoms with E-state index in [1.165, 1.54) is 12.5 Å². The van der Waals surface area contributed by atoms with Crippen molar-refractivity contribution in [1.82, 2.24) is 25.8 Å². The van der Waals surface area contributed by atoms with Crippen LogP contribution >= 0.6 is 11.8 Å². The summed E-state index contributed by atoms with van der Waals surface area (Å²) in [5, 5.41) is 10.5. The summed E-state index contributed by atoms with van der Waals surface area (Å²) in [6, 6.07) is 10.6. The first-order chi connectivity index (χ1) is 18.7. The lowest BCUT2D eigenvalue weighted by molar-refractivity contribution is -0.131. The number of aromatic amines is 1. The van der Waals surface area contributed by atoms with Crippen molar-refractivity contribution in [3.05, 3.63) is 59.8 Å². The van der Waals surface area contributed by atoms with Crippen LogP contribution in [0.1, 0.15) is 43.7 Å². The molecule has 4 rings (SSSR count). The number of benzene rings is 2. The first-order valence-corrected chi connectivity index (χ1v) is 13.4. The fourth-order valence-electron chi connectivity index (χ4n) is 4.84. The molecule has 39 heavy (non-hydrogen) atoms. The maximum absolute atomic E-state index is 13.4. The van der Waals surface area contributed by atoms with Crippen molar-refractivity contribution in [1.29, 1.82) is 0 Å². The Hall–Kier alpha value is -4.05. The Bertz CT molecular complexity index is 1430. The lowest BCUT2D eigenvalue weighted by atomic mass is 10.00. The van der Waals surface area contributed by atoms with Gasteiger partial charge in [-0.25, -0.2) is 0 Å². The molecule has 1 aliphatic rings. The number of H-pyrrole nitrogens is 1. The lowest BCUT2D eigenvalue weighted by Gasteiger charge is -2.23. The van der Waals surface area contributed by atoms with Crippen LogP contribution in [0.3, 0.4) is 0 Å². The zero-order chi connectivity index (χ0) is 27.9. The number of aryl methyl sites for hydroxylation is 1. The first-order valence-electron chi connectivity index (χ1n) is 13.0. The Morgan fingerprint density at radius 1 is 1.08 bits per heavy atom. The van der Waals surface area contributed by atoms with E-state index in [0.717, 1.165) is 46.6 Å². The second kappa shape index (κ2) is 12.7. The number of hydrogen-bond acceptors (Lipinski definition) is 4. The smallest absolute Gasteiger partial charge is 0.246 e. The molecular formula is C28H34ClN7O3. The third-order valence-corrected chi connectivity index (χ3v) is 6.98. The number of hydrogen-bond donors (Lipinski definition) is 6. The Morgan fingerprint density at radius 2 is 1.74 bits per heavy atom. The molecule has 11 heteroatoms. The first kappa shape index (κ1) is 28.0. The Morgan fingerprint density at radius 3 is 2.44 bits per heavy atom. The van der Waals surface area contributed by atoms with Gasteiger partial charge in [0, 0.05) is 59.2 Å². The zero-order valence-corrected chi connectivity index (χ0v) is 22.7. The van der Waals surface area contributed by atoms with Crippen LogP contribution in [0.15, 0.2) is 53.7 Å². The molecule has 2 unspecified atom stereocenters. The summed E-state index contributed by atoms with van der Waals surface area (Å²) in [5.74, 6) is -1.24. The molecule has 0 spiro atoms. The zero-order valence-electron chi connectivity index (χ0n) is 21.9. The Kier molecular flexibility index (Phi) is 9.08. The number of fused-ring (bicyclic) bond motifs is 2. The number of aromatic nitrogens is 1. The van der Waals surface area contributed by atoms with E-state index in [-0.39, 0.29) is 31.3 Å². The van der Waals surface area contributed by atoms with Crippen molar-refractivity contribution >= 4 is 57.3 Å². The summed E-state index contributed by atoms with van der Waals surface area (Å²) in [6.07, 6.45) is 3.71. The summed E-state index contributed by atoms with van der Waals surface area (Å²) < 4.78 is 0. The van der Waals surface area contributed by atoms with E-state index in [1.807, 2.05) is 18.2 Å².